The van der Waals surface area contributed by atoms with Crippen LogP contribution in [0.25, 0.3) is 0 Å². The fourth-order valence-electron chi connectivity index (χ4n) is 1.19. The fourth-order valence-corrected chi connectivity index (χ4v) is 1.55. The molecule has 3 heteroatoms. The maximum absolute atomic E-state index is 8.73. The number of aliphatic hydroxyl groups is 1. The number of nitrogens with one attached hydrogen (secondary N) is 1. The first-order valence-electron chi connectivity index (χ1n) is 4.81. The first kappa shape index (κ1) is 11.9. The van der Waals surface area contributed by atoms with Crippen LogP contribution in [0.2, 0.25) is 0 Å². The van der Waals surface area contributed by atoms with Gasteiger partial charge in [0.05, 0.1) is 0 Å². The van der Waals surface area contributed by atoms with Crippen LogP contribution in [0, 0.1) is 3.57 Å². The molecule has 0 bridgehead atoms. The van der Waals surface area contributed by atoms with Gasteiger partial charge in [-0.3, -0.25) is 0 Å². The summed E-state index contributed by atoms with van der Waals surface area (Å²) in [4.78, 5) is 0. The Morgan fingerprint density at radius 3 is 2.57 bits per heavy atom. The Labute approximate surface area is 98.9 Å². The van der Waals surface area contributed by atoms with Crippen LogP contribution >= 0.6 is 22.6 Å². The summed E-state index contributed by atoms with van der Waals surface area (Å²) in [5.41, 5.74) is 1.29. The molecule has 0 spiro atoms. The lowest BCUT2D eigenvalue weighted by atomic mass is 10.2. The van der Waals surface area contributed by atoms with Crippen LogP contribution in [0.3, 0.4) is 0 Å². The number of halogens is 1. The Kier molecular flexibility index (Phi) is 5.44. The van der Waals surface area contributed by atoms with E-state index in [0.717, 1.165) is 13.0 Å². The second-order valence-electron chi connectivity index (χ2n) is 3.42. The molecule has 14 heavy (non-hydrogen) atoms. The molecule has 1 rings (SSSR count). The first-order chi connectivity index (χ1) is 6.72. The van der Waals surface area contributed by atoms with E-state index in [0.29, 0.717) is 6.04 Å². The zero-order valence-electron chi connectivity index (χ0n) is 8.33. The largest absolute Gasteiger partial charge is 0.396 e. The Bertz CT molecular complexity index is 260. The Morgan fingerprint density at radius 1 is 1.36 bits per heavy atom. The fraction of sp³-hybridized carbons (Fsp3) is 0.455. The normalized spacial score (nSPS) is 12.8. The predicted molar refractivity (Wildman–Crippen MR) is 67.2 cm³/mol. The van der Waals surface area contributed by atoms with Crippen molar-refractivity contribution in [2.24, 2.45) is 0 Å². The van der Waals surface area contributed by atoms with Gasteiger partial charge in [-0.15, -0.1) is 0 Å². The minimum absolute atomic E-state index is 0.251. The molecule has 1 aromatic carbocycles. The lowest BCUT2D eigenvalue weighted by Crippen LogP contribution is -2.26. The quantitative estimate of drug-likeness (QED) is 0.817. The van der Waals surface area contributed by atoms with E-state index < -0.39 is 0 Å². The van der Waals surface area contributed by atoms with E-state index in [4.69, 9.17) is 5.11 Å². The van der Waals surface area contributed by atoms with Gasteiger partial charge in [-0.25, -0.2) is 0 Å². The molecule has 0 radical (unpaired) electrons. The van der Waals surface area contributed by atoms with Crippen molar-refractivity contribution in [2.45, 2.75) is 25.9 Å². The summed E-state index contributed by atoms with van der Waals surface area (Å²) in [6.45, 7) is 3.21. The van der Waals surface area contributed by atoms with Crippen molar-refractivity contribution in [3.05, 3.63) is 33.4 Å². The lowest BCUT2D eigenvalue weighted by molar-refractivity contribution is 0.268. The van der Waals surface area contributed by atoms with Crippen molar-refractivity contribution in [2.75, 3.05) is 6.61 Å². The average molecular weight is 305 g/mol. The van der Waals surface area contributed by atoms with Crippen molar-refractivity contribution in [1.82, 2.24) is 5.32 Å². The zero-order valence-corrected chi connectivity index (χ0v) is 10.5. The van der Waals surface area contributed by atoms with Crippen molar-refractivity contribution < 1.29 is 5.11 Å². The molecule has 0 amide bonds. The molecule has 0 aliphatic carbocycles. The van der Waals surface area contributed by atoms with Crippen molar-refractivity contribution >= 4 is 22.6 Å². The number of aliphatic hydroxyl groups excluding tert-OH is 1. The minimum atomic E-state index is 0.251. The van der Waals surface area contributed by atoms with Crippen LogP contribution in [0.15, 0.2) is 24.3 Å². The summed E-state index contributed by atoms with van der Waals surface area (Å²) < 4.78 is 1.26. The predicted octanol–water partition coefficient (Wildman–Crippen LogP) is 2.15. The van der Waals surface area contributed by atoms with Gasteiger partial charge in [0.15, 0.2) is 0 Å². The van der Waals surface area contributed by atoms with E-state index in [1.165, 1.54) is 9.13 Å². The number of benzene rings is 1. The maximum atomic E-state index is 8.73. The van der Waals surface area contributed by atoms with Crippen LogP contribution in [0.4, 0.5) is 0 Å². The molecular weight excluding hydrogens is 289 g/mol. The summed E-state index contributed by atoms with van der Waals surface area (Å²) in [5.74, 6) is 0. The van der Waals surface area contributed by atoms with Gasteiger partial charge >= 0.3 is 0 Å². The highest BCUT2D eigenvalue weighted by atomic mass is 127. The molecule has 0 heterocycles. The minimum Gasteiger partial charge on any atom is -0.396 e. The van der Waals surface area contributed by atoms with E-state index in [1.807, 2.05) is 0 Å². The maximum Gasteiger partial charge on any atom is 0.0445 e. The highest BCUT2D eigenvalue weighted by molar-refractivity contribution is 14.1. The van der Waals surface area contributed by atoms with Crippen LogP contribution < -0.4 is 5.32 Å². The molecule has 0 saturated heterocycles. The molecule has 1 aromatic rings. The topological polar surface area (TPSA) is 32.3 Å². The van der Waals surface area contributed by atoms with E-state index >= 15 is 0 Å². The van der Waals surface area contributed by atoms with Gasteiger partial charge in [0.25, 0.3) is 0 Å². The monoisotopic (exact) mass is 305 g/mol. The van der Waals surface area contributed by atoms with E-state index in [-0.39, 0.29) is 6.61 Å². The first-order valence-corrected chi connectivity index (χ1v) is 5.89. The average Bonchev–Trinajstić information content (AvgIpc) is 2.17. The van der Waals surface area contributed by atoms with Crippen LogP contribution in [-0.2, 0) is 6.54 Å². The summed E-state index contributed by atoms with van der Waals surface area (Å²) >= 11 is 2.30. The van der Waals surface area contributed by atoms with Gasteiger partial charge in [0.1, 0.15) is 0 Å². The lowest BCUT2D eigenvalue weighted by Gasteiger charge is -2.12. The SMILES string of the molecule is CC(CCO)NCc1ccc(I)cc1. The number of hydrogen-bond acceptors (Lipinski definition) is 2. The summed E-state index contributed by atoms with van der Waals surface area (Å²) in [6, 6.07) is 8.84. The summed E-state index contributed by atoms with van der Waals surface area (Å²) in [6.07, 6.45) is 0.810. The third kappa shape index (κ3) is 4.39. The van der Waals surface area contributed by atoms with Gasteiger partial charge in [-0.05, 0) is 53.6 Å². The molecule has 1 unspecified atom stereocenters. The molecule has 2 nitrogen and oxygen atoms in total. The summed E-state index contributed by atoms with van der Waals surface area (Å²) in [5, 5.41) is 12.1. The van der Waals surface area contributed by atoms with Gasteiger partial charge in [-0.2, -0.15) is 0 Å². The Balaban J connectivity index is 2.34. The molecular formula is C11H16INO. The zero-order chi connectivity index (χ0) is 10.4. The van der Waals surface area contributed by atoms with Crippen molar-refractivity contribution in [3.63, 3.8) is 0 Å². The molecule has 0 saturated carbocycles. The Morgan fingerprint density at radius 2 is 2.00 bits per heavy atom. The highest BCUT2D eigenvalue weighted by Gasteiger charge is 1.99. The molecule has 0 aromatic heterocycles. The molecule has 78 valence electrons. The third-order valence-electron chi connectivity index (χ3n) is 2.13. The van der Waals surface area contributed by atoms with Crippen LogP contribution in [0.1, 0.15) is 18.9 Å². The van der Waals surface area contributed by atoms with E-state index in [1.54, 1.807) is 0 Å². The second kappa shape index (κ2) is 6.37. The molecule has 0 aliphatic heterocycles. The van der Waals surface area contributed by atoms with Gasteiger partial charge in [0, 0.05) is 22.8 Å². The highest BCUT2D eigenvalue weighted by Crippen LogP contribution is 2.06. The van der Waals surface area contributed by atoms with Gasteiger partial charge < -0.3 is 10.4 Å². The van der Waals surface area contributed by atoms with Gasteiger partial charge in [0.2, 0.25) is 0 Å². The smallest absolute Gasteiger partial charge is 0.0445 e. The molecule has 0 fully saturated rings. The van der Waals surface area contributed by atoms with E-state index in [2.05, 4.69) is 59.1 Å². The van der Waals surface area contributed by atoms with Crippen LogP contribution in [-0.4, -0.2) is 17.8 Å². The van der Waals surface area contributed by atoms with Crippen molar-refractivity contribution in [3.8, 4) is 0 Å². The van der Waals surface area contributed by atoms with Crippen LogP contribution in [0.5, 0.6) is 0 Å². The number of rotatable bonds is 5. The Hall–Kier alpha value is -0.130. The summed E-state index contributed by atoms with van der Waals surface area (Å²) in [7, 11) is 0. The number of hydrogen-bond donors (Lipinski definition) is 2. The van der Waals surface area contributed by atoms with Gasteiger partial charge in [-0.1, -0.05) is 12.1 Å². The van der Waals surface area contributed by atoms with Crippen molar-refractivity contribution in [1.29, 1.82) is 0 Å². The molecule has 0 aliphatic rings. The van der Waals surface area contributed by atoms with E-state index in [9.17, 15) is 0 Å². The molecule has 1 atom stereocenters. The molecule has 2 N–H and O–H groups in total. The third-order valence-corrected chi connectivity index (χ3v) is 2.85. The second-order valence-corrected chi connectivity index (χ2v) is 4.67. The standard InChI is InChI=1S/C11H16INO/c1-9(6-7-14)13-8-10-2-4-11(12)5-3-10/h2-5,9,13-14H,6-8H2,1H3.